The molecule has 3 aromatic rings. The molecule has 1 spiro atoms. The summed E-state index contributed by atoms with van der Waals surface area (Å²) in [6.45, 7) is 7.20. The lowest BCUT2D eigenvalue weighted by Gasteiger charge is -2.45. The van der Waals surface area contributed by atoms with Crippen LogP contribution < -0.4 is 5.32 Å². The van der Waals surface area contributed by atoms with Crippen molar-refractivity contribution >= 4 is 17.3 Å². The highest BCUT2D eigenvalue weighted by molar-refractivity contribution is 6.30. The SMILES string of the molecule is Cc1ccc(C2=NC3(CCN(Cc4ccccc4)CC3)N[C@H](c3cc(Cl)ccc3O)C2)cc1C. The second-order valence-electron chi connectivity index (χ2n) is 9.76. The summed E-state index contributed by atoms with van der Waals surface area (Å²) in [5.41, 5.74) is 6.66. The Morgan fingerprint density at radius 3 is 2.50 bits per heavy atom. The van der Waals surface area contributed by atoms with E-state index in [1.807, 2.05) is 6.07 Å². The lowest BCUT2D eigenvalue weighted by molar-refractivity contribution is 0.120. The fraction of sp³-hybridized carbons (Fsp3) is 0.345. The van der Waals surface area contributed by atoms with Gasteiger partial charge in [-0.1, -0.05) is 54.1 Å². The van der Waals surface area contributed by atoms with Gasteiger partial charge >= 0.3 is 0 Å². The summed E-state index contributed by atoms with van der Waals surface area (Å²) in [4.78, 5) is 7.86. The molecule has 5 rings (SSSR count). The second-order valence-corrected chi connectivity index (χ2v) is 10.2. The number of hydrogen-bond acceptors (Lipinski definition) is 4. The highest BCUT2D eigenvalue weighted by Gasteiger charge is 2.40. The van der Waals surface area contributed by atoms with Crippen molar-refractivity contribution in [2.75, 3.05) is 13.1 Å². The van der Waals surface area contributed by atoms with E-state index in [0.717, 1.165) is 43.8 Å². The average molecular weight is 474 g/mol. The van der Waals surface area contributed by atoms with Crippen molar-refractivity contribution in [3.05, 3.63) is 99.6 Å². The molecule has 0 aromatic heterocycles. The first-order valence-corrected chi connectivity index (χ1v) is 12.5. The Balaban J connectivity index is 1.45. The lowest BCUT2D eigenvalue weighted by atomic mass is 9.87. The Hall–Kier alpha value is -2.66. The van der Waals surface area contributed by atoms with Crippen LogP contribution in [0, 0.1) is 13.8 Å². The molecular weight excluding hydrogens is 442 g/mol. The van der Waals surface area contributed by atoms with Crippen molar-refractivity contribution < 1.29 is 5.11 Å². The number of phenolic OH excluding ortho intramolecular Hbond substituents is 1. The number of aryl methyl sites for hydroxylation is 2. The fourth-order valence-electron chi connectivity index (χ4n) is 5.18. The number of phenols is 1. The van der Waals surface area contributed by atoms with Gasteiger partial charge in [-0.25, -0.2) is 0 Å². The van der Waals surface area contributed by atoms with E-state index in [-0.39, 0.29) is 17.5 Å². The Labute approximate surface area is 207 Å². The molecule has 0 bridgehead atoms. The number of hydrogen-bond donors (Lipinski definition) is 2. The number of nitrogens with one attached hydrogen (secondary N) is 1. The maximum absolute atomic E-state index is 10.7. The van der Waals surface area contributed by atoms with Crippen molar-refractivity contribution in [2.45, 2.75) is 51.4 Å². The van der Waals surface area contributed by atoms with Gasteiger partial charge in [-0.2, -0.15) is 0 Å². The molecule has 0 saturated carbocycles. The van der Waals surface area contributed by atoms with Gasteiger partial charge in [0.1, 0.15) is 11.4 Å². The molecule has 1 atom stereocenters. The van der Waals surface area contributed by atoms with E-state index < -0.39 is 0 Å². The van der Waals surface area contributed by atoms with Gasteiger partial charge < -0.3 is 5.11 Å². The zero-order chi connectivity index (χ0) is 23.7. The number of halogens is 1. The van der Waals surface area contributed by atoms with E-state index in [0.29, 0.717) is 11.4 Å². The molecule has 0 amide bonds. The Morgan fingerprint density at radius 1 is 1.00 bits per heavy atom. The van der Waals surface area contributed by atoms with Crippen molar-refractivity contribution in [2.24, 2.45) is 4.99 Å². The Kier molecular flexibility index (Phi) is 6.48. The molecule has 1 fully saturated rings. The maximum atomic E-state index is 10.7. The smallest absolute Gasteiger partial charge is 0.120 e. The van der Waals surface area contributed by atoms with Crippen LogP contribution in [0.5, 0.6) is 5.75 Å². The third-order valence-electron chi connectivity index (χ3n) is 7.33. The lowest BCUT2D eigenvalue weighted by Crippen LogP contribution is -2.55. The van der Waals surface area contributed by atoms with Crippen LogP contribution in [0.15, 0.2) is 71.7 Å². The largest absolute Gasteiger partial charge is 0.508 e. The minimum atomic E-state index is -0.348. The average Bonchev–Trinajstić information content (AvgIpc) is 2.84. The molecule has 2 aliphatic rings. The highest BCUT2D eigenvalue weighted by atomic mass is 35.5. The molecule has 4 nitrogen and oxygen atoms in total. The quantitative estimate of drug-likeness (QED) is 0.475. The van der Waals surface area contributed by atoms with Gasteiger partial charge in [-0.05, 0) is 73.2 Å². The number of aliphatic imine (C=N–C) groups is 1. The summed E-state index contributed by atoms with van der Waals surface area (Å²) < 4.78 is 0. The molecule has 0 radical (unpaired) electrons. The maximum Gasteiger partial charge on any atom is 0.120 e. The van der Waals surface area contributed by atoms with Crippen LogP contribution in [0.1, 0.15) is 53.1 Å². The first-order valence-electron chi connectivity index (χ1n) is 12.1. The number of nitrogens with zero attached hydrogens (tertiary/aromatic N) is 2. The summed E-state index contributed by atoms with van der Waals surface area (Å²) in [5.74, 6) is 0.278. The normalized spacial score (nSPS) is 20.3. The van der Waals surface area contributed by atoms with Crippen LogP contribution in [0.25, 0.3) is 0 Å². The van der Waals surface area contributed by atoms with E-state index >= 15 is 0 Å². The van der Waals surface area contributed by atoms with Gasteiger partial charge in [0.15, 0.2) is 0 Å². The van der Waals surface area contributed by atoms with E-state index in [2.05, 4.69) is 72.6 Å². The monoisotopic (exact) mass is 473 g/mol. The summed E-state index contributed by atoms with van der Waals surface area (Å²) in [6.07, 6.45) is 2.56. The molecule has 34 heavy (non-hydrogen) atoms. The zero-order valence-corrected chi connectivity index (χ0v) is 20.6. The summed E-state index contributed by atoms with van der Waals surface area (Å²) in [6, 6.07) is 22.5. The van der Waals surface area contributed by atoms with Crippen molar-refractivity contribution in [1.82, 2.24) is 10.2 Å². The van der Waals surface area contributed by atoms with Gasteiger partial charge in [0.2, 0.25) is 0 Å². The van der Waals surface area contributed by atoms with Crippen LogP contribution >= 0.6 is 11.6 Å². The van der Waals surface area contributed by atoms with Gasteiger partial charge in [-0.15, -0.1) is 0 Å². The topological polar surface area (TPSA) is 47.9 Å². The standard InChI is InChI=1S/C29H32ClN3O/c1-20-8-9-23(16-21(20)2)26-18-27(25-17-24(30)10-11-28(25)34)32-29(31-26)12-14-33(15-13-29)19-22-6-4-3-5-7-22/h3-11,16-17,27,32,34H,12-15,18-19H2,1-2H3/t27-/m0/s1. The number of rotatable bonds is 4. The summed E-state index contributed by atoms with van der Waals surface area (Å²) in [5, 5.41) is 15.1. The third kappa shape index (κ3) is 4.90. The second kappa shape index (κ2) is 9.53. The Bertz CT molecular complexity index is 1200. The van der Waals surface area contributed by atoms with E-state index in [1.54, 1.807) is 12.1 Å². The molecule has 5 heteroatoms. The van der Waals surface area contributed by atoms with Crippen molar-refractivity contribution in [3.63, 3.8) is 0 Å². The van der Waals surface area contributed by atoms with Gasteiger partial charge in [0, 0.05) is 48.4 Å². The summed E-state index contributed by atoms with van der Waals surface area (Å²) in [7, 11) is 0. The minimum absolute atomic E-state index is 0.0477. The van der Waals surface area contributed by atoms with E-state index in [4.69, 9.17) is 16.6 Å². The van der Waals surface area contributed by atoms with E-state index in [9.17, 15) is 5.11 Å². The first-order chi connectivity index (χ1) is 16.4. The number of likely N-dealkylation sites (tertiary alicyclic amines) is 1. The van der Waals surface area contributed by atoms with Gasteiger partial charge in [0.25, 0.3) is 0 Å². The fourth-order valence-corrected chi connectivity index (χ4v) is 5.36. The predicted molar refractivity (Wildman–Crippen MR) is 140 cm³/mol. The molecule has 2 heterocycles. The van der Waals surface area contributed by atoms with Crippen LogP contribution in [-0.4, -0.2) is 34.5 Å². The molecule has 2 N–H and O–H groups in total. The first kappa shape index (κ1) is 23.1. The van der Waals surface area contributed by atoms with E-state index in [1.165, 1.54) is 22.3 Å². The van der Waals surface area contributed by atoms with Gasteiger partial charge in [0.05, 0.1) is 0 Å². The van der Waals surface area contributed by atoms with Crippen LogP contribution in [0.4, 0.5) is 0 Å². The number of aromatic hydroxyl groups is 1. The molecule has 2 aliphatic heterocycles. The van der Waals surface area contributed by atoms with Crippen LogP contribution in [0.2, 0.25) is 5.02 Å². The number of piperidine rings is 1. The Morgan fingerprint density at radius 2 is 1.76 bits per heavy atom. The minimum Gasteiger partial charge on any atom is -0.508 e. The molecular formula is C29H32ClN3O. The molecule has 176 valence electrons. The molecule has 0 aliphatic carbocycles. The third-order valence-corrected chi connectivity index (χ3v) is 7.56. The highest BCUT2D eigenvalue weighted by Crippen LogP contribution is 2.38. The van der Waals surface area contributed by atoms with Crippen LogP contribution in [-0.2, 0) is 6.54 Å². The molecule has 3 aromatic carbocycles. The predicted octanol–water partition coefficient (Wildman–Crippen LogP) is 6.18. The zero-order valence-electron chi connectivity index (χ0n) is 19.9. The van der Waals surface area contributed by atoms with Crippen molar-refractivity contribution in [3.8, 4) is 5.75 Å². The molecule has 1 saturated heterocycles. The van der Waals surface area contributed by atoms with Crippen molar-refractivity contribution in [1.29, 1.82) is 0 Å². The summed E-state index contributed by atoms with van der Waals surface area (Å²) >= 11 is 6.33. The van der Waals surface area contributed by atoms with Gasteiger partial charge in [-0.3, -0.25) is 15.2 Å². The molecule has 0 unspecified atom stereocenters. The number of benzene rings is 3. The van der Waals surface area contributed by atoms with Crippen LogP contribution in [0.3, 0.4) is 0 Å².